The molecule has 2 N–H and O–H groups in total. The summed E-state index contributed by atoms with van der Waals surface area (Å²) in [4.78, 5) is 62.0. The third kappa shape index (κ3) is 3.73. The molecule has 2 heterocycles. The van der Waals surface area contributed by atoms with Crippen LogP contribution in [0.25, 0.3) is 0 Å². The average Bonchev–Trinajstić information content (AvgIpc) is 2.90. The maximum absolute atomic E-state index is 13.2. The maximum Gasteiger partial charge on any atom is 0.327 e. The van der Waals surface area contributed by atoms with Gasteiger partial charge in [0.25, 0.3) is 11.8 Å². The van der Waals surface area contributed by atoms with Crippen LogP contribution in [0.4, 0.5) is 0 Å². The maximum atomic E-state index is 13.2. The molecule has 2 saturated heterocycles. The van der Waals surface area contributed by atoms with E-state index in [9.17, 15) is 29.1 Å². The van der Waals surface area contributed by atoms with Crippen LogP contribution in [-0.4, -0.2) is 61.4 Å². The van der Waals surface area contributed by atoms with Crippen molar-refractivity contribution < 1.29 is 38.6 Å². The van der Waals surface area contributed by atoms with Gasteiger partial charge >= 0.3 is 17.9 Å². The lowest BCUT2D eigenvalue weighted by Crippen LogP contribution is -2.78. The zero-order chi connectivity index (χ0) is 23.3. The molecular weight excluding hydrogens is 428 g/mol. The Morgan fingerprint density at radius 3 is 2.03 bits per heavy atom. The molecule has 0 bridgehead atoms. The third-order valence-electron chi connectivity index (χ3n) is 5.11. The van der Waals surface area contributed by atoms with E-state index < -0.39 is 51.4 Å². The number of thioether (sulfide) groups is 1. The van der Waals surface area contributed by atoms with Crippen molar-refractivity contribution in [2.75, 3.05) is 0 Å². The normalized spacial score (nSPS) is 25.8. The first-order chi connectivity index (χ1) is 14.3. The first-order valence-electron chi connectivity index (χ1n) is 9.35. The van der Waals surface area contributed by atoms with Crippen LogP contribution in [0.1, 0.15) is 45.0 Å². The number of carbonyl (C=O) groups is 5. The van der Waals surface area contributed by atoms with E-state index in [0.717, 1.165) is 13.8 Å². The summed E-state index contributed by atoms with van der Waals surface area (Å²) in [5.41, 5.74) is -1.63. The predicted molar refractivity (Wildman–Crippen MR) is 109 cm³/mol. The number of fused-ring (bicyclic) bond motifs is 1. The minimum absolute atomic E-state index is 0.140. The van der Waals surface area contributed by atoms with E-state index >= 15 is 0 Å². The number of esters is 2. The molecular formula is C20H22N2O8S. The second-order valence-corrected chi connectivity index (χ2v) is 9.73. The highest BCUT2D eigenvalue weighted by Gasteiger charge is 2.70. The predicted octanol–water partition coefficient (Wildman–Crippen LogP) is 1.17. The van der Waals surface area contributed by atoms with E-state index in [1.807, 2.05) is 0 Å². The first-order valence-corrected chi connectivity index (χ1v) is 10.2. The number of nitrogens with zero attached hydrogens (tertiary/aromatic N) is 1. The molecule has 10 nitrogen and oxygen atoms in total. The van der Waals surface area contributed by atoms with Crippen molar-refractivity contribution in [3.05, 3.63) is 23.8 Å². The topological polar surface area (TPSA) is 139 Å². The van der Waals surface area contributed by atoms with Gasteiger partial charge in [0.15, 0.2) is 0 Å². The van der Waals surface area contributed by atoms with Gasteiger partial charge in [-0.1, -0.05) is 6.07 Å². The molecule has 1 aromatic rings. The highest BCUT2D eigenvalue weighted by molar-refractivity contribution is 8.01. The Bertz CT molecular complexity index is 973. The van der Waals surface area contributed by atoms with Crippen molar-refractivity contribution in [2.24, 2.45) is 0 Å². The quantitative estimate of drug-likeness (QED) is 0.384. The number of nitrogens with one attached hydrogen (secondary N) is 1. The Kier molecular flexibility index (Phi) is 5.51. The fourth-order valence-corrected chi connectivity index (χ4v) is 5.50. The van der Waals surface area contributed by atoms with Crippen LogP contribution in [0.2, 0.25) is 0 Å². The molecule has 3 atom stereocenters. The Hall–Kier alpha value is -3.08. The Balaban J connectivity index is 1.95. The van der Waals surface area contributed by atoms with Gasteiger partial charge in [-0.3, -0.25) is 19.2 Å². The molecule has 1 aromatic carbocycles. The molecule has 2 aliphatic heterocycles. The Labute approximate surface area is 182 Å². The number of β-lactam (4-membered cyclic amide) rings is 1. The second kappa shape index (κ2) is 7.56. The van der Waals surface area contributed by atoms with Crippen LogP contribution in [-0.2, 0) is 19.2 Å². The minimum Gasteiger partial charge on any atom is -0.480 e. The molecule has 0 unspecified atom stereocenters. The van der Waals surface area contributed by atoms with Gasteiger partial charge in [-0.2, -0.15) is 0 Å². The van der Waals surface area contributed by atoms with Crippen molar-refractivity contribution in [2.45, 2.75) is 56.3 Å². The average molecular weight is 450 g/mol. The van der Waals surface area contributed by atoms with Crippen molar-refractivity contribution >= 4 is 41.5 Å². The van der Waals surface area contributed by atoms with Gasteiger partial charge in [0, 0.05) is 18.6 Å². The van der Waals surface area contributed by atoms with E-state index in [0.29, 0.717) is 0 Å². The highest BCUT2D eigenvalue weighted by Crippen LogP contribution is 2.54. The molecule has 0 saturated carbocycles. The first kappa shape index (κ1) is 22.6. The highest BCUT2D eigenvalue weighted by atomic mass is 32.2. The number of amides is 2. The van der Waals surface area contributed by atoms with Crippen LogP contribution in [0.3, 0.4) is 0 Å². The zero-order valence-electron chi connectivity index (χ0n) is 17.5. The smallest absolute Gasteiger partial charge is 0.327 e. The van der Waals surface area contributed by atoms with Gasteiger partial charge in [-0.05, 0) is 32.9 Å². The van der Waals surface area contributed by atoms with Crippen molar-refractivity contribution in [1.29, 1.82) is 0 Å². The fourth-order valence-electron chi connectivity index (χ4n) is 3.85. The lowest BCUT2D eigenvalue weighted by Gasteiger charge is -2.51. The lowest BCUT2D eigenvalue weighted by molar-refractivity contribution is -0.165. The summed E-state index contributed by atoms with van der Waals surface area (Å²) in [6.07, 6.45) is 0. The van der Waals surface area contributed by atoms with Gasteiger partial charge in [-0.25, -0.2) is 4.79 Å². The van der Waals surface area contributed by atoms with E-state index in [1.54, 1.807) is 13.8 Å². The number of carboxylic acids is 1. The molecule has 0 spiro atoms. The van der Waals surface area contributed by atoms with Crippen molar-refractivity contribution in [3.8, 4) is 11.5 Å². The summed E-state index contributed by atoms with van der Waals surface area (Å²) in [5, 5.41) is 11.6. The zero-order valence-corrected chi connectivity index (χ0v) is 18.4. The lowest BCUT2D eigenvalue weighted by atomic mass is 9.86. The van der Waals surface area contributed by atoms with Crippen LogP contribution in [0, 0.1) is 0 Å². The van der Waals surface area contributed by atoms with Gasteiger partial charge in [0.2, 0.25) is 0 Å². The standard InChI is InChI=1S/C20H22N2O8S/c1-9(23)29-11-7-6-8-12(30-10(2)24)13(11)15(25)21-20(5)17(28)22-14(16(26)27)19(3,4)31-18(20)22/h6-8,14,18H,1-5H3,(H,21,25)(H,26,27)/t14-,18+,20-/m0/s1. The number of carbonyl (C=O) groups excluding carboxylic acids is 4. The summed E-state index contributed by atoms with van der Waals surface area (Å²) < 4.78 is 9.39. The number of carboxylic acid groups (broad SMARTS) is 1. The summed E-state index contributed by atoms with van der Waals surface area (Å²) in [5.74, 6) is -4.14. The molecule has 31 heavy (non-hydrogen) atoms. The van der Waals surface area contributed by atoms with Crippen LogP contribution < -0.4 is 14.8 Å². The van der Waals surface area contributed by atoms with Crippen molar-refractivity contribution in [3.63, 3.8) is 0 Å². The molecule has 3 rings (SSSR count). The van der Waals surface area contributed by atoms with Gasteiger partial charge < -0.3 is 24.8 Å². The van der Waals surface area contributed by atoms with Gasteiger partial charge in [0.05, 0.1) is 0 Å². The molecule has 2 amide bonds. The summed E-state index contributed by atoms with van der Waals surface area (Å²) in [6, 6.07) is 3.12. The SMILES string of the molecule is CC(=O)Oc1cccc(OC(C)=O)c1C(=O)N[C@@]1(C)C(=O)N2[C@@H](C(=O)O)C(C)(C)S[C@@H]21. The van der Waals surface area contributed by atoms with E-state index in [1.165, 1.54) is 41.8 Å². The molecule has 166 valence electrons. The second-order valence-electron chi connectivity index (χ2n) is 8.00. The van der Waals surface area contributed by atoms with Crippen LogP contribution >= 0.6 is 11.8 Å². The van der Waals surface area contributed by atoms with Crippen LogP contribution in [0.15, 0.2) is 18.2 Å². The molecule has 2 aliphatic rings. The number of benzene rings is 1. The number of hydrogen-bond donors (Lipinski definition) is 2. The van der Waals surface area contributed by atoms with E-state index in [-0.39, 0.29) is 17.1 Å². The monoisotopic (exact) mass is 450 g/mol. The fraction of sp³-hybridized carbons (Fsp3) is 0.450. The Morgan fingerprint density at radius 1 is 1.06 bits per heavy atom. The van der Waals surface area contributed by atoms with E-state index in [4.69, 9.17) is 9.47 Å². The largest absolute Gasteiger partial charge is 0.480 e. The number of hydrogen-bond acceptors (Lipinski definition) is 8. The van der Waals surface area contributed by atoms with Crippen LogP contribution in [0.5, 0.6) is 11.5 Å². The van der Waals surface area contributed by atoms with Crippen molar-refractivity contribution in [1.82, 2.24) is 10.2 Å². The molecule has 0 radical (unpaired) electrons. The van der Waals surface area contributed by atoms with Gasteiger partial charge in [-0.15, -0.1) is 11.8 Å². The molecule has 2 fully saturated rings. The Morgan fingerprint density at radius 2 is 1.58 bits per heavy atom. The summed E-state index contributed by atoms with van der Waals surface area (Å²) in [7, 11) is 0. The third-order valence-corrected chi connectivity index (χ3v) is 6.86. The minimum atomic E-state index is -1.40. The summed E-state index contributed by atoms with van der Waals surface area (Å²) >= 11 is 1.27. The molecule has 11 heteroatoms. The molecule has 0 aromatic heterocycles. The van der Waals surface area contributed by atoms with E-state index in [2.05, 4.69) is 5.32 Å². The van der Waals surface area contributed by atoms with Gasteiger partial charge in [0.1, 0.15) is 34.0 Å². The summed E-state index contributed by atoms with van der Waals surface area (Å²) in [6.45, 7) is 7.25. The number of ether oxygens (including phenoxy) is 2. The number of rotatable bonds is 5. The number of aliphatic carboxylic acids is 1. The molecule has 0 aliphatic carbocycles.